The van der Waals surface area contributed by atoms with Crippen molar-refractivity contribution >= 4 is 31.4 Å². The second kappa shape index (κ2) is 5.44. The average molecular weight is 192 g/mol. The van der Waals surface area contributed by atoms with Crippen LogP contribution < -0.4 is 0 Å². The number of allylic oxidation sites excluding steroid dienone is 1. The fourth-order valence-corrected chi connectivity index (χ4v) is 4.85. The van der Waals surface area contributed by atoms with Crippen molar-refractivity contribution in [2.75, 3.05) is 0 Å². The smallest absolute Gasteiger partial charge is 0.00382 e. The average Bonchev–Trinajstić information content (AvgIpc) is 2.41. The molecule has 0 atom stereocenters. The van der Waals surface area contributed by atoms with Crippen molar-refractivity contribution in [3.8, 4) is 0 Å². The van der Waals surface area contributed by atoms with E-state index in [0.717, 1.165) is 0 Å². The molecule has 1 aliphatic rings. The van der Waals surface area contributed by atoms with Gasteiger partial charge in [-0.2, -0.15) is 0 Å². The van der Waals surface area contributed by atoms with Crippen molar-refractivity contribution in [2.24, 2.45) is 0 Å². The van der Waals surface area contributed by atoms with Crippen LogP contribution in [0.1, 0.15) is 32.6 Å². The summed E-state index contributed by atoms with van der Waals surface area (Å²) in [6.45, 7) is 2.25. The van der Waals surface area contributed by atoms with E-state index in [0.29, 0.717) is 0 Å². The van der Waals surface area contributed by atoms with Crippen LogP contribution in [0.3, 0.4) is 0 Å². The summed E-state index contributed by atoms with van der Waals surface area (Å²) in [5.74, 6) is 0. The fraction of sp³-hybridized carbons (Fsp3) is 0.714. The van der Waals surface area contributed by atoms with Gasteiger partial charge in [-0.3, -0.25) is 0 Å². The Morgan fingerprint density at radius 1 is 1.40 bits per heavy atom. The fourth-order valence-electron chi connectivity index (χ4n) is 0.806. The largest absolute Gasteiger partial charge is 0.0654 e. The van der Waals surface area contributed by atoms with Gasteiger partial charge in [-0.15, -0.1) is 0 Å². The minimum atomic E-state index is 1.30. The van der Waals surface area contributed by atoms with Crippen LogP contribution in [0.5, 0.6) is 0 Å². The van der Waals surface area contributed by atoms with E-state index in [1.165, 1.54) is 25.7 Å². The van der Waals surface area contributed by atoms with E-state index in [2.05, 4.69) is 12.3 Å². The van der Waals surface area contributed by atoms with Crippen LogP contribution in [0, 0.1) is 0 Å². The molecule has 1 aliphatic heterocycles. The van der Waals surface area contributed by atoms with Gasteiger partial charge in [-0.1, -0.05) is 30.6 Å². The highest BCUT2D eigenvalue weighted by Gasteiger charge is 2.05. The first-order chi connectivity index (χ1) is 4.93. The molecule has 1 rings (SSSR count). The molecule has 0 aromatic carbocycles. The lowest BCUT2D eigenvalue weighted by Gasteiger charge is -1.96. The quantitative estimate of drug-likeness (QED) is 0.477. The Hall–Kier alpha value is 0.790. The maximum absolute atomic E-state index is 2.28. The van der Waals surface area contributed by atoms with Gasteiger partial charge in [0.1, 0.15) is 0 Å². The molecule has 0 nitrogen and oxygen atoms in total. The van der Waals surface area contributed by atoms with E-state index in [1.54, 1.807) is 4.91 Å². The molecule has 0 unspecified atom stereocenters. The molecule has 10 heavy (non-hydrogen) atoms. The zero-order valence-electron chi connectivity index (χ0n) is 6.13. The van der Waals surface area contributed by atoms with Crippen molar-refractivity contribution in [3.05, 3.63) is 10.3 Å². The highest BCUT2D eigenvalue weighted by Crippen LogP contribution is 2.50. The lowest BCUT2D eigenvalue weighted by Crippen LogP contribution is -1.74. The Morgan fingerprint density at radius 3 is 2.90 bits per heavy atom. The molecule has 0 bridgehead atoms. The second-order valence-corrected chi connectivity index (χ2v) is 6.25. The molecular weight excluding hydrogens is 180 g/mol. The molecule has 0 spiro atoms. The number of hydrogen-bond donors (Lipinski definition) is 0. The summed E-state index contributed by atoms with van der Waals surface area (Å²) in [7, 11) is 5.67. The summed E-state index contributed by atoms with van der Waals surface area (Å²) < 4.78 is 0. The molecule has 0 saturated heterocycles. The molecule has 58 valence electrons. The Labute approximate surface area is 74.4 Å². The molecule has 3 heteroatoms. The van der Waals surface area contributed by atoms with Gasteiger partial charge in [0.25, 0.3) is 0 Å². The Balaban J connectivity index is 2.01. The van der Waals surface area contributed by atoms with Gasteiger partial charge in [0.05, 0.1) is 0 Å². The second-order valence-electron chi connectivity index (χ2n) is 2.29. The molecular formula is C7H12S3. The highest BCUT2D eigenvalue weighted by molar-refractivity contribution is 9.11. The Morgan fingerprint density at radius 2 is 2.30 bits per heavy atom. The van der Waals surface area contributed by atoms with E-state index in [-0.39, 0.29) is 0 Å². The zero-order chi connectivity index (χ0) is 7.23. The van der Waals surface area contributed by atoms with Crippen LogP contribution in [0.4, 0.5) is 0 Å². The standard InChI is InChI=1S/C7H12S3/c1-2-3-4-5-7-6-8-10-9-7/h6H,2-5H2,1H3. The number of unbranched alkanes of at least 4 members (excludes halogenated alkanes) is 2. The molecule has 0 amide bonds. The lowest BCUT2D eigenvalue weighted by atomic mass is 10.2. The third-order valence-electron chi connectivity index (χ3n) is 1.39. The summed E-state index contributed by atoms with van der Waals surface area (Å²) in [5.41, 5.74) is 0. The van der Waals surface area contributed by atoms with Gasteiger partial charge < -0.3 is 0 Å². The van der Waals surface area contributed by atoms with Crippen molar-refractivity contribution in [3.63, 3.8) is 0 Å². The van der Waals surface area contributed by atoms with Crippen LogP contribution in [0.15, 0.2) is 10.3 Å². The molecule has 0 saturated carbocycles. The maximum atomic E-state index is 2.28. The predicted octanol–water partition coefficient (Wildman–Crippen LogP) is 4.45. The zero-order valence-corrected chi connectivity index (χ0v) is 8.58. The van der Waals surface area contributed by atoms with E-state index in [9.17, 15) is 0 Å². The minimum Gasteiger partial charge on any atom is -0.0654 e. The van der Waals surface area contributed by atoms with Gasteiger partial charge in [-0.05, 0) is 38.9 Å². The van der Waals surface area contributed by atoms with Crippen molar-refractivity contribution in [1.82, 2.24) is 0 Å². The minimum absolute atomic E-state index is 1.30. The summed E-state index contributed by atoms with van der Waals surface area (Å²) in [6.07, 6.45) is 5.39. The number of hydrogen-bond acceptors (Lipinski definition) is 3. The van der Waals surface area contributed by atoms with E-state index in [4.69, 9.17) is 0 Å². The van der Waals surface area contributed by atoms with E-state index < -0.39 is 0 Å². The van der Waals surface area contributed by atoms with Gasteiger partial charge >= 0.3 is 0 Å². The summed E-state index contributed by atoms with van der Waals surface area (Å²) in [4.78, 5) is 1.57. The summed E-state index contributed by atoms with van der Waals surface area (Å²) >= 11 is 0. The molecule has 0 aromatic heterocycles. The third-order valence-corrected chi connectivity index (χ3v) is 5.29. The summed E-state index contributed by atoms with van der Waals surface area (Å²) in [6, 6.07) is 0. The van der Waals surface area contributed by atoms with Gasteiger partial charge in [-0.25, -0.2) is 0 Å². The number of rotatable bonds is 4. The first-order valence-electron chi connectivity index (χ1n) is 3.62. The van der Waals surface area contributed by atoms with Crippen molar-refractivity contribution in [1.29, 1.82) is 0 Å². The normalized spacial score (nSPS) is 17.5. The predicted molar refractivity (Wildman–Crippen MR) is 55.0 cm³/mol. The molecule has 0 aromatic rings. The van der Waals surface area contributed by atoms with Gasteiger partial charge in [0, 0.05) is 4.91 Å². The van der Waals surface area contributed by atoms with Gasteiger partial charge in [0.15, 0.2) is 0 Å². The summed E-state index contributed by atoms with van der Waals surface area (Å²) in [5, 5.41) is 2.28. The van der Waals surface area contributed by atoms with E-state index >= 15 is 0 Å². The monoisotopic (exact) mass is 192 g/mol. The maximum Gasteiger partial charge on any atom is 0.00382 e. The van der Waals surface area contributed by atoms with Crippen LogP contribution in [0.2, 0.25) is 0 Å². The first kappa shape index (κ1) is 8.88. The Kier molecular flexibility index (Phi) is 4.83. The van der Waals surface area contributed by atoms with Gasteiger partial charge in [0.2, 0.25) is 0 Å². The molecule has 1 heterocycles. The molecule has 0 N–H and O–H groups in total. The first-order valence-corrected chi connectivity index (χ1v) is 7.17. The molecule has 0 aliphatic carbocycles. The third kappa shape index (κ3) is 3.26. The highest BCUT2D eigenvalue weighted by atomic mass is 33.5. The topological polar surface area (TPSA) is 0 Å². The van der Waals surface area contributed by atoms with Crippen molar-refractivity contribution in [2.45, 2.75) is 32.6 Å². The van der Waals surface area contributed by atoms with Crippen molar-refractivity contribution < 1.29 is 0 Å². The Bertz CT molecular complexity index is 120. The SMILES string of the molecule is CCCCCC1=CSSS1. The van der Waals surface area contributed by atoms with Crippen LogP contribution in [0.25, 0.3) is 0 Å². The molecule has 0 radical (unpaired) electrons. The molecule has 0 fully saturated rings. The van der Waals surface area contributed by atoms with Crippen LogP contribution in [-0.2, 0) is 0 Å². The lowest BCUT2D eigenvalue weighted by molar-refractivity contribution is 0.726. The van der Waals surface area contributed by atoms with Crippen LogP contribution in [-0.4, -0.2) is 0 Å². The van der Waals surface area contributed by atoms with Crippen LogP contribution >= 0.6 is 31.4 Å². The van der Waals surface area contributed by atoms with E-state index in [1.807, 2.05) is 31.4 Å².